The number of hydrogen-bond acceptors (Lipinski definition) is 4. The van der Waals surface area contributed by atoms with Gasteiger partial charge in [-0.3, -0.25) is 4.79 Å². The normalized spacial score (nSPS) is 16.6. The van der Waals surface area contributed by atoms with Crippen molar-refractivity contribution in [1.29, 1.82) is 0 Å². The Kier molecular flexibility index (Phi) is 2.58. The highest BCUT2D eigenvalue weighted by Gasteiger charge is 2.25. The molecule has 0 bridgehead atoms. The zero-order valence-electron chi connectivity index (χ0n) is 8.23. The molecule has 1 aliphatic heterocycles. The van der Waals surface area contributed by atoms with Gasteiger partial charge in [0.25, 0.3) is 0 Å². The third-order valence-corrected chi connectivity index (χ3v) is 2.56. The number of aromatic nitrogens is 3. The molecule has 76 valence electrons. The summed E-state index contributed by atoms with van der Waals surface area (Å²) in [6, 6.07) is 0. The van der Waals surface area contributed by atoms with Gasteiger partial charge in [-0.05, 0) is 6.92 Å². The number of carbonyl (C=O) groups is 1. The Bertz CT molecular complexity index is 329. The number of ketones is 1. The van der Waals surface area contributed by atoms with Crippen LogP contribution in [0.15, 0.2) is 6.33 Å². The fourth-order valence-electron chi connectivity index (χ4n) is 1.51. The van der Waals surface area contributed by atoms with Gasteiger partial charge in [-0.25, -0.2) is 9.67 Å². The fourth-order valence-corrected chi connectivity index (χ4v) is 1.51. The van der Waals surface area contributed by atoms with Crippen molar-refractivity contribution in [3.05, 3.63) is 12.2 Å². The second-order valence-corrected chi connectivity index (χ2v) is 3.49. The van der Waals surface area contributed by atoms with E-state index in [-0.39, 0.29) is 11.7 Å². The monoisotopic (exact) mass is 194 g/mol. The molecule has 14 heavy (non-hydrogen) atoms. The van der Waals surface area contributed by atoms with Crippen LogP contribution in [0.5, 0.6) is 0 Å². The molecule has 0 saturated carbocycles. The maximum atomic E-state index is 11.6. The van der Waals surface area contributed by atoms with Gasteiger partial charge < -0.3 is 5.32 Å². The van der Waals surface area contributed by atoms with Crippen LogP contribution in [0.1, 0.15) is 12.7 Å². The molecular weight excluding hydrogens is 180 g/mol. The van der Waals surface area contributed by atoms with Gasteiger partial charge in [0.05, 0.1) is 6.42 Å². The molecule has 5 nitrogen and oxygen atoms in total. The summed E-state index contributed by atoms with van der Waals surface area (Å²) in [6.07, 6.45) is 1.92. The topological polar surface area (TPSA) is 59.8 Å². The molecular formula is C9H14N4O. The van der Waals surface area contributed by atoms with E-state index >= 15 is 0 Å². The third-order valence-electron chi connectivity index (χ3n) is 2.56. The van der Waals surface area contributed by atoms with E-state index in [9.17, 15) is 4.79 Å². The van der Waals surface area contributed by atoms with Crippen molar-refractivity contribution in [2.75, 3.05) is 13.1 Å². The molecule has 0 aliphatic carbocycles. The molecule has 0 radical (unpaired) electrons. The molecule has 0 spiro atoms. The van der Waals surface area contributed by atoms with Crippen LogP contribution in [0.3, 0.4) is 0 Å². The lowest BCUT2D eigenvalue weighted by molar-refractivity contribution is -0.123. The first-order valence-electron chi connectivity index (χ1n) is 4.91. The zero-order valence-corrected chi connectivity index (χ0v) is 8.23. The summed E-state index contributed by atoms with van der Waals surface area (Å²) in [5, 5.41) is 7.12. The minimum Gasteiger partial charge on any atom is -0.315 e. The van der Waals surface area contributed by atoms with Crippen molar-refractivity contribution in [3.63, 3.8) is 0 Å². The highest BCUT2D eigenvalue weighted by Crippen LogP contribution is 2.08. The van der Waals surface area contributed by atoms with Gasteiger partial charge in [-0.15, -0.1) is 0 Å². The Morgan fingerprint density at radius 3 is 3.07 bits per heavy atom. The van der Waals surface area contributed by atoms with Crippen LogP contribution in [0, 0.1) is 5.92 Å². The average molecular weight is 194 g/mol. The van der Waals surface area contributed by atoms with E-state index in [0.717, 1.165) is 25.5 Å². The molecule has 0 amide bonds. The number of aryl methyl sites for hydroxylation is 1. The van der Waals surface area contributed by atoms with Crippen LogP contribution >= 0.6 is 0 Å². The van der Waals surface area contributed by atoms with Crippen molar-refractivity contribution >= 4 is 5.78 Å². The van der Waals surface area contributed by atoms with Gasteiger partial charge in [0.2, 0.25) is 0 Å². The summed E-state index contributed by atoms with van der Waals surface area (Å²) >= 11 is 0. The summed E-state index contributed by atoms with van der Waals surface area (Å²) in [5.74, 6) is 1.24. The maximum Gasteiger partial charge on any atom is 0.146 e. The summed E-state index contributed by atoms with van der Waals surface area (Å²) in [7, 11) is 0. The highest BCUT2D eigenvalue weighted by atomic mass is 16.1. The van der Waals surface area contributed by atoms with E-state index in [0.29, 0.717) is 6.42 Å². The van der Waals surface area contributed by atoms with Gasteiger partial charge >= 0.3 is 0 Å². The summed E-state index contributed by atoms with van der Waals surface area (Å²) in [5.41, 5.74) is 0. The number of nitrogens with zero attached hydrogens (tertiary/aromatic N) is 3. The zero-order chi connectivity index (χ0) is 9.97. The SMILES string of the molecule is CCn1ncnc1CC(=O)C1CNC1. The second-order valence-electron chi connectivity index (χ2n) is 3.49. The molecule has 1 aliphatic rings. The molecule has 0 atom stereocenters. The summed E-state index contributed by atoms with van der Waals surface area (Å²) in [4.78, 5) is 15.7. The summed E-state index contributed by atoms with van der Waals surface area (Å²) in [6.45, 7) is 4.40. The van der Waals surface area contributed by atoms with Gasteiger partial charge in [0, 0.05) is 25.6 Å². The minimum absolute atomic E-state index is 0.192. The smallest absolute Gasteiger partial charge is 0.146 e. The van der Waals surface area contributed by atoms with Crippen LogP contribution in [0.25, 0.3) is 0 Å². The molecule has 0 aromatic carbocycles. The second kappa shape index (κ2) is 3.88. The molecule has 1 N–H and O–H groups in total. The van der Waals surface area contributed by atoms with Crippen molar-refractivity contribution in [2.24, 2.45) is 5.92 Å². The van der Waals surface area contributed by atoms with Crippen molar-refractivity contribution in [2.45, 2.75) is 19.9 Å². The Morgan fingerprint density at radius 1 is 1.71 bits per heavy atom. The lowest BCUT2D eigenvalue weighted by atomic mass is 9.96. The largest absolute Gasteiger partial charge is 0.315 e. The van der Waals surface area contributed by atoms with E-state index in [1.807, 2.05) is 6.92 Å². The van der Waals surface area contributed by atoms with Crippen molar-refractivity contribution in [3.8, 4) is 0 Å². The third kappa shape index (κ3) is 1.68. The van der Waals surface area contributed by atoms with Crippen LogP contribution in [-0.2, 0) is 17.8 Å². The highest BCUT2D eigenvalue weighted by molar-refractivity contribution is 5.83. The Labute approximate surface area is 82.5 Å². The molecule has 1 saturated heterocycles. The molecule has 1 aromatic rings. The number of nitrogens with one attached hydrogen (secondary N) is 1. The Hall–Kier alpha value is -1.23. The molecule has 2 rings (SSSR count). The quantitative estimate of drug-likeness (QED) is 0.710. The van der Waals surface area contributed by atoms with Crippen LogP contribution in [-0.4, -0.2) is 33.6 Å². The molecule has 1 fully saturated rings. The molecule has 5 heteroatoms. The van der Waals surface area contributed by atoms with Gasteiger partial charge in [0.1, 0.15) is 17.9 Å². The van der Waals surface area contributed by atoms with E-state index in [1.54, 1.807) is 4.68 Å². The average Bonchev–Trinajstić information content (AvgIpc) is 2.48. The van der Waals surface area contributed by atoms with Gasteiger partial charge in [0.15, 0.2) is 0 Å². The first-order valence-corrected chi connectivity index (χ1v) is 4.91. The predicted octanol–water partition coefficient (Wildman–Crippen LogP) is -0.371. The molecule has 1 aromatic heterocycles. The minimum atomic E-state index is 0.192. The predicted molar refractivity (Wildman–Crippen MR) is 50.8 cm³/mol. The van der Waals surface area contributed by atoms with E-state index in [2.05, 4.69) is 15.4 Å². The van der Waals surface area contributed by atoms with Gasteiger partial charge in [-0.1, -0.05) is 0 Å². The summed E-state index contributed by atoms with van der Waals surface area (Å²) < 4.78 is 1.77. The standard InChI is InChI=1S/C9H14N4O/c1-2-13-9(11-6-12-13)3-8(14)7-4-10-5-7/h6-7,10H,2-5H2,1H3. The number of Topliss-reactive ketones (excluding diaryl/α,β-unsaturated/α-hetero) is 1. The van der Waals surface area contributed by atoms with E-state index in [4.69, 9.17) is 0 Å². The van der Waals surface area contributed by atoms with Crippen LogP contribution in [0.4, 0.5) is 0 Å². The Morgan fingerprint density at radius 2 is 2.50 bits per heavy atom. The number of hydrogen-bond donors (Lipinski definition) is 1. The van der Waals surface area contributed by atoms with Crippen molar-refractivity contribution < 1.29 is 4.79 Å². The first kappa shape index (κ1) is 9.33. The molecule has 0 unspecified atom stereocenters. The van der Waals surface area contributed by atoms with E-state index < -0.39 is 0 Å². The van der Waals surface area contributed by atoms with Crippen molar-refractivity contribution in [1.82, 2.24) is 20.1 Å². The lowest BCUT2D eigenvalue weighted by Crippen LogP contribution is -2.47. The van der Waals surface area contributed by atoms with Crippen LogP contribution < -0.4 is 5.32 Å². The Balaban J connectivity index is 1.99. The lowest BCUT2D eigenvalue weighted by Gasteiger charge is -2.25. The van der Waals surface area contributed by atoms with E-state index in [1.165, 1.54) is 6.33 Å². The van der Waals surface area contributed by atoms with Crippen LogP contribution in [0.2, 0.25) is 0 Å². The molecule has 2 heterocycles. The fraction of sp³-hybridized carbons (Fsp3) is 0.667. The number of carbonyl (C=O) groups excluding carboxylic acids is 1. The van der Waals surface area contributed by atoms with Gasteiger partial charge in [-0.2, -0.15) is 5.10 Å². The number of rotatable bonds is 4. The first-order chi connectivity index (χ1) is 6.81. The maximum absolute atomic E-state index is 11.6.